The molecule has 0 aromatic heterocycles. The van der Waals surface area contributed by atoms with Crippen molar-refractivity contribution >= 4 is 5.78 Å². The van der Waals surface area contributed by atoms with E-state index in [1.165, 1.54) is 12.8 Å². The largest absolute Gasteiger partial charge is 0.298 e. The van der Waals surface area contributed by atoms with Gasteiger partial charge in [0.25, 0.3) is 0 Å². The normalized spacial score (nSPS) is 25.2. The summed E-state index contributed by atoms with van der Waals surface area (Å²) < 4.78 is 0. The first-order valence-corrected chi connectivity index (χ1v) is 4.88. The van der Waals surface area contributed by atoms with Gasteiger partial charge in [0.2, 0.25) is 0 Å². The van der Waals surface area contributed by atoms with Gasteiger partial charge in [-0.2, -0.15) is 0 Å². The van der Waals surface area contributed by atoms with Crippen LogP contribution in [-0.4, -0.2) is 29.8 Å². The highest BCUT2D eigenvalue weighted by Crippen LogP contribution is 2.16. The van der Waals surface area contributed by atoms with E-state index in [1.54, 1.807) is 0 Å². The van der Waals surface area contributed by atoms with Crippen molar-refractivity contribution in [2.75, 3.05) is 13.1 Å². The average molecular weight is 169 g/mol. The van der Waals surface area contributed by atoms with Crippen LogP contribution in [0.5, 0.6) is 0 Å². The van der Waals surface area contributed by atoms with Crippen molar-refractivity contribution in [2.45, 2.75) is 39.7 Å². The summed E-state index contributed by atoms with van der Waals surface area (Å²) >= 11 is 0. The Morgan fingerprint density at radius 3 is 2.67 bits per heavy atom. The van der Waals surface area contributed by atoms with E-state index >= 15 is 0 Å². The molecule has 0 spiro atoms. The van der Waals surface area contributed by atoms with Gasteiger partial charge in [-0.25, -0.2) is 0 Å². The summed E-state index contributed by atoms with van der Waals surface area (Å²) in [6.07, 6.45) is 2.51. The van der Waals surface area contributed by atoms with E-state index < -0.39 is 0 Å². The van der Waals surface area contributed by atoms with Crippen molar-refractivity contribution in [2.24, 2.45) is 5.92 Å². The molecule has 12 heavy (non-hydrogen) atoms. The third-order valence-electron chi connectivity index (χ3n) is 2.69. The number of rotatable bonds is 3. The molecule has 1 aliphatic heterocycles. The lowest BCUT2D eigenvalue weighted by molar-refractivity contribution is -0.123. The molecule has 0 aromatic carbocycles. The van der Waals surface area contributed by atoms with Gasteiger partial charge in [0.1, 0.15) is 5.78 Å². The third kappa shape index (κ3) is 2.31. The fraction of sp³-hybridized carbons (Fsp3) is 0.900. The number of Topliss-reactive ketones (excluding diaryl/α,β-unsaturated/α-hetero) is 1. The van der Waals surface area contributed by atoms with Gasteiger partial charge in [0.15, 0.2) is 0 Å². The summed E-state index contributed by atoms with van der Waals surface area (Å²) in [5.41, 5.74) is 0. The van der Waals surface area contributed by atoms with Crippen LogP contribution in [0.3, 0.4) is 0 Å². The van der Waals surface area contributed by atoms with Crippen LogP contribution in [0, 0.1) is 5.92 Å². The summed E-state index contributed by atoms with van der Waals surface area (Å²) in [6, 6.07) is 0.618. The lowest BCUT2D eigenvalue weighted by Gasteiger charge is -2.20. The summed E-state index contributed by atoms with van der Waals surface area (Å²) in [6.45, 7) is 7.94. The molecule has 0 radical (unpaired) electrons. The Labute approximate surface area is 74.9 Å². The van der Waals surface area contributed by atoms with E-state index in [-0.39, 0.29) is 5.92 Å². The van der Waals surface area contributed by atoms with Crippen LogP contribution in [0.4, 0.5) is 0 Å². The van der Waals surface area contributed by atoms with Crippen LogP contribution < -0.4 is 0 Å². The summed E-state index contributed by atoms with van der Waals surface area (Å²) in [7, 11) is 0. The van der Waals surface area contributed by atoms with Gasteiger partial charge in [-0.1, -0.05) is 13.8 Å². The molecule has 0 amide bonds. The standard InChI is InChI=1S/C10H19NO/c1-8(2)10(12)7-11-6-4-5-9(11)3/h8-9H,4-7H2,1-3H3. The lowest BCUT2D eigenvalue weighted by Crippen LogP contribution is -2.34. The Hall–Kier alpha value is -0.370. The van der Waals surface area contributed by atoms with Gasteiger partial charge in [0.05, 0.1) is 6.54 Å². The highest BCUT2D eigenvalue weighted by molar-refractivity contribution is 5.82. The highest BCUT2D eigenvalue weighted by atomic mass is 16.1. The Bertz CT molecular complexity index is 165. The molecule has 1 heterocycles. The number of carbonyl (C=O) groups is 1. The van der Waals surface area contributed by atoms with Gasteiger partial charge in [-0.05, 0) is 26.3 Å². The molecule has 2 heteroatoms. The summed E-state index contributed by atoms with van der Waals surface area (Å²) in [5.74, 6) is 0.571. The molecule has 0 N–H and O–H groups in total. The van der Waals surface area contributed by atoms with Crippen LogP contribution in [0.1, 0.15) is 33.6 Å². The second-order valence-corrected chi connectivity index (χ2v) is 4.08. The zero-order chi connectivity index (χ0) is 9.14. The minimum Gasteiger partial charge on any atom is -0.298 e. The fourth-order valence-corrected chi connectivity index (χ4v) is 1.61. The maximum absolute atomic E-state index is 11.4. The molecule has 0 aromatic rings. The van der Waals surface area contributed by atoms with E-state index in [9.17, 15) is 4.79 Å². The highest BCUT2D eigenvalue weighted by Gasteiger charge is 2.22. The number of hydrogen-bond donors (Lipinski definition) is 0. The molecule has 1 fully saturated rings. The molecule has 70 valence electrons. The molecule has 1 rings (SSSR count). The topological polar surface area (TPSA) is 20.3 Å². The minimum absolute atomic E-state index is 0.192. The van der Waals surface area contributed by atoms with E-state index in [0.717, 1.165) is 6.54 Å². The van der Waals surface area contributed by atoms with Gasteiger partial charge >= 0.3 is 0 Å². The maximum Gasteiger partial charge on any atom is 0.149 e. The minimum atomic E-state index is 0.192. The Kier molecular flexibility index (Phi) is 3.27. The summed E-state index contributed by atoms with van der Waals surface area (Å²) in [5, 5.41) is 0. The van der Waals surface area contributed by atoms with Gasteiger partial charge in [-0.15, -0.1) is 0 Å². The van der Waals surface area contributed by atoms with Crippen LogP contribution >= 0.6 is 0 Å². The second-order valence-electron chi connectivity index (χ2n) is 4.08. The Balaban J connectivity index is 2.35. The maximum atomic E-state index is 11.4. The Morgan fingerprint density at radius 2 is 2.25 bits per heavy atom. The van der Waals surface area contributed by atoms with Crippen LogP contribution in [-0.2, 0) is 4.79 Å². The van der Waals surface area contributed by atoms with Gasteiger partial charge in [-0.3, -0.25) is 9.69 Å². The van der Waals surface area contributed by atoms with Crippen molar-refractivity contribution in [3.63, 3.8) is 0 Å². The zero-order valence-electron chi connectivity index (χ0n) is 8.34. The van der Waals surface area contributed by atoms with Crippen molar-refractivity contribution in [1.82, 2.24) is 4.90 Å². The molecule has 1 aliphatic rings. The predicted octanol–water partition coefficient (Wildman–Crippen LogP) is 1.70. The monoisotopic (exact) mass is 169 g/mol. The van der Waals surface area contributed by atoms with Crippen molar-refractivity contribution in [3.05, 3.63) is 0 Å². The van der Waals surface area contributed by atoms with Crippen LogP contribution in [0.15, 0.2) is 0 Å². The SMILES string of the molecule is CC(C)C(=O)CN1CCCC1C. The van der Waals surface area contributed by atoms with Crippen LogP contribution in [0.2, 0.25) is 0 Å². The smallest absolute Gasteiger partial charge is 0.149 e. The lowest BCUT2D eigenvalue weighted by atomic mass is 10.1. The molecule has 1 atom stereocenters. The van der Waals surface area contributed by atoms with Crippen molar-refractivity contribution < 1.29 is 4.79 Å². The molecule has 0 aliphatic carbocycles. The molecular weight excluding hydrogens is 150 g/mol. The average Bonchev–Trinajstić information content (AvgIpc) is 2.36. The number of likely N-dealkylation sites (tertiary alicyclic amines) is 1. The van der Waals surface area contributed by atoms with Crippen molar-refractivity contribution in [3.8, 4) is 0 Å². The number of carbonyl (C=O) groups excluding carboxylic acids is 1. The molecule has 0 bridgehead atoms. The number of hydrogen-bond acceptors (Lipinski definition) is 2. The van der Waals surface area contributed by atoms with Gasteiger partial charge < -0.3 is 0 Å². The Morgan fingerprint density at radius 1 is 1.58 bits per heavy atom. The number of ketones is 1. The molecule has 1 unspecified atom stereocenters. The van der Waals surface area contributed by atoms with Crippen molar-refractivity contribution in [1.29, 1.82) is 0 Å². The first kappa shape index (κ1) is 9.72. The van der Waals surface area contributed by atoms with E-state index in [4.69, 9.17) is 0 Å². The van der Waals surface area contributed by atoms with E-state index in [2.05, 4.69) is 11.8 Å². The second kappa shape index (κ2) is 4.04. The first-order chi connectivity index (χ1) is 5.61. The number of nitrogens with zero attached hydrogens (tertiary/aromatic N) is 1. The molecule has 1 saturated heterocycles. The zero-order valence-corrected chi connectivity index (χ0v) is 8.34. The third-order valence-corrected chi connectivity index (χ3v) is 2.69. The molecule has 2 nitrogen and oxygen atoms in total. The van der Waals surface area contributed by atoms with Crippen LogP contribution in [0.25, 0.3) is 0 Å². The van der Waals surface area contributed by atoms with E-state index in [0.29, 0.717) is 18.4 Å². The molecule has 0 saturated carbocycles. The quantitative estimate of drug-likeness (QED) is 0.641. The van der Waals surface area contributed by atoms with E-state index in [1.807, 2.05) is 13.8 Å². The predicted molar refractivity (Wildman–Crippen MR) is 50.1 cm³/mol. The van der Waals surface area contributed by atoms with Gasteiger partial charge in [0, 0.05) is 12.0 Å². The first-order valence-electron chi connectivity index (χ1n) is 4.88. The summed E-state index contributed by atoms with van der Waals surface area (Å²) in [4.78, 5) is 13.7. The molecular formula is C10H19NO. The fourth-order valence-electron chi connectivity index (χ4n) is 1.61.